The molecular formula is C45H65N3O18. The van der Waals surface area contributed by atoms with Gasteiger partial charge in [-0.2, -0.15) is 0 Å². The van der Waals surface area contributed by atoms with Gasteiger partial charge in [-0.15, -0.1) is 0 Å². The number of phenolic OH excluding ortho intramolecular Hbond substituents is 1. The highest BCUT2D eigenvalue weighted by atomic mass is 16.7. The molecule has 21 heteroatoms. The monoisotopic (exact) mass is 935 g/mol. The molecule has 6 rings (SSSR count). The lowest BCUT2D eigenvalue weighted by Gasteiger charge is -2.49. The number of carboxylic acid groups (broad SMARTS) is 1. The van der Waals surface area contributed by atoms with Gasteiger partial charge in [0, 0.05) is 43.5 Å². The molecule has 2 saturated carbocycles. The number of hydrogen-bond acceptors (Lipinski definition) is 17. The number of aliphatic hydroxyl groups excluding tert-OH is 5. The molecule has 2 saturated heterocycles. The molecule has 4 fully saturated rings. The van der Waals surface area contributed by atoms with Gasteiger partial charge in [0.25, 0.3) is 0 Å². The van der Waals surface area contributed by atoms with E-state index in [1.165, 1.54) is 38.1 Å². The van der Waals surface area contributed by atoms with Crippen LogP contribution in [-0.2, 0) is 49.3 Å². The number of ether oxygens (including phenoxy) is 5. The fourth-order valence-corrected chi connectivity index (χ4v) is 9.71. The van der Waals surface area contributed by atoms with Gasteiger partial charge in [0.2, 0.25) is 17.7 Å². The van der Waals surface area contributed by atoms with Crippen molar-refractivity contribution >= 4 is 34.7 Å². The Morgan fingerprint density at radius 1 is 0.879 bits per heavy atom. The van der Waals surface area contributed by atoms with Crippen LogP contribution in [0.25, 0.3) is 11.0 Å². The molecule has 0 radical (unpaired) electrons. The first-order valence-corrected chi connectivity index (χ1v) is 22.9. The molecule has 2 aromatic rings. The van der Waals surface area contributed by atoms with Crippen molar-refractivity contribution in [2.24, 2.45) is 17.8 Å². The average Bonchev–Trinajstić information content (AvgIpc) is 3.27. The highest BCUT2D eigenvalue weighted by Crippen LogP contribution is 2.40. The molecule has 4 aliphatic rings. The lowest BCUT2D eigenvalue weighted by molar-refractivity contribution is -0.338. The number of aliphatic carboxylic acids is 1. The predicted molar refractivity (Wildman–Crippen MR) is 229 cm³/mol. The number of hydrogen-bond donors (Lipinski definition) is 10. The summed E-state index contributed by atoms with van der Waals surface area (Å²) in [7, 11) is 0. The largest absolute Gasteiger partial charge is 0.508 e. The van der Waals surface area contributed by atoms with Crippen molar-refractivity contribution in [1.29, 1.82) is 0 Å². The summed E-state index contributed by atoms with van der Waals surface area (Å²) in [6, 6.07) is 4.05. The number of aromatic hydroxyl groups is 1. The second-order valence-corrected chi connectivity index (χ2v) is 18.0. The van der Waals surface area contributed by atoms with Crippen LogP contribution in [0, 0.1) is 17.8 Å². The first-order valence-electron chi connectivity index (χ1n) is 22.9. The predicted octanol–water partition coefficient (Wildman–Crippen LogP) is -0.301. The van der Waals surface area contributed by atoms with E-state index in [2.05, 4.69) is 16.0 Å². The topological polar surface area (TPSA) is 322 Å². The van der Waals surface area contributed by atoms with Crippen LogP contribution in [-0.4, -0.2) is 159 Å². The number of aliphatic hydroxyl groups is 5. The number of rotatable bonds is 18. The Morgan fingerprint density at radius 2 is 1.61 bits per heavy atom. The molecule has 3 heterocycles. The van der Waals surface area contributed by atoms with Gasteiger partial charge in [-0.3, -0.25) is 14.4 Å². The zero-order valence-electron chi connectivity index (χ0n) is 37.4. The number of carboxylic acids is 1. The summed E-state index contributed by atoms with van der Waals surface area (Å²) in [5, 5.41) is 82.7. The number of benzene rings is 1. The Morgan fingerprint density at radius 3 is 2.29 bits per heavy atom. The Balaban J connectivity index is 1.20. The van der Waals surface area contributed by atoms with Crippen LogP contribution in [0.4, 0.5) is 0 Å². The van der Waals surface area contributed by atoms with Crippen molar-refractivity contribution < 1.29 is 83.0 Å². The highest BCUT2D eigenvalue weighted by Gasteiger charge is 2.53. The van der Waals surface area contributed by atoms with E-state index in [4.69, 9.17) is 28.1 Å². The summed E-state index contributed by atoms with van der Waals surface area (Å²) in [5.41, 5.74) is -0.193. The average molecular weight is 936 g/mol. The number of amides is 3. The van der Waals surface area contributed by atoms with Crippen molar-refractivity contribution in [3.63, 3.8) is 0 Å². The van der Waals surface area contributed by atoms with Crippen molar-refractivity contribution in [2.75, 3.05) is 19.7 Å². The number of fused-ring (bicyclic) bond motifs is 1. The van der Waals surface area contributed by atoms with E-state index in [1.807, 2.05) is 6.92 Å². The third kappa shape index (κ3) is 12.6. The normalized spacial score (nSPS) is 33.5. The standard InChI is InChI=1S/C45H65N3O18/c1-4-24-15-26(42(58)47-13-12-46-33(52)17-25-18-34(53)62-29-19-27(51)10-11-28(25)29)16-30(40(24)66-45-39(57)38(56)36(54)21(2)61-45)64-44-35(48-22(3)50)41(37(55)32(20-49)65-44)63-31(43(59)60)14-23-8-6-5-7-9-23/h10-11,18-19,21,23-24,26,30-32,35-41,44-45,49,51,54-57H,4-9,12-17,20H2,1-3H3,(H,46,52)(H,47,58)(H,48,50)(H,59,60)/t21-,24-,26?,30+,31-,32?,35?,36?,37-,38?,39-,40?,41?,44+,45?/m0/s1. The molecule has 66 heavy (non-hydrogen) atoms. The molecule has 21 nitrogen and oxygen atoms in total. The van der Waals surface area contributed by atoms with Gasteiger partial charge >= 0.3 is 11.6 Å². The number of nitrogens with one attached hydrogen (secondary N) is 3. The molecule has 3 amide bonds. The molecule has 2 aliphatic heterocycles. The zero-order valence-corrected chi connectivity index (χ0v) is 37.4. The van der Waals surface area contributed by atoms with Crippen molar-refractivity contribution in [1.82, 2.24) is 16.0 Å². The van der Waals surface area contributed by atoms with Crippen molar-refractivity contribution in [3.05, 3.63) is 40.2 Å². The molecule has 0 bridgehead atoms. The van der Waals surface area contributed by atoms with Gasteiger partial charge < -0.3 is 79.8 Å². The van der Waals surface area contributed by atoms with Gasteiger partial charge in [-0.05, 0) is 55.7 Å². The lowest BCUT2D eigenvalue weighted by Crippen LogP contribution is -2.67. The van der Waals surface area contributed by atoms with Gasteiger partial charge in [0.05, 0.1) is 31.3 Å². The van der Waals surface area contributed by atoms with Crippen LogP contribution in [0.3, 0.4) is 0 Å². The maximum atomic E-state index is 13.9. The molecule has 368 valence electrons. The van der Waals surface area contributed by atoms with E-state index < -0.39 is 127 Å². The molecule has 0 spiro atoms. The van der Waals surface area contributed by atoms with Crippen molar-refractivity contribution in [2.45, 2.75) is 165 Å². The molecule has 10 N–H and O–H groups in total. The van der Waals surface area contributed by atoms with E-state index >= 15 is 0 Å². The van der Waals surface area contributed by atoms with Crippen LogP contribution in [0.1, 0.15) is 84.1 Å². The van der Waals surface area contributed by atoms with Gasteiger partial charge in [-0.1, -0.05) is 45.4 Å². The maximum absolute atomic E-state index is 13.9. The summed E-state index contributed by atoms with van der Waals surface area (Å²) in [6.45, 7) is 3.81. The van der Waals surface area contributed by atoms with Crippen LogP contribution >= 0.6 is 0 Å². The Hall–Kier alpha value is -4.29. The lowest BCUT2D eigenvalue weighted by atomic mass is 9.75. The van der Waals surface area contributed by atoms with Crippen LogP contribution < -0.4 is 21.6 Å². The minimum atomic E-state index is -1.70. The minimum Gasteiger partial charge on any atom is -0.508 e. The Bertz CT molecular complexity index is 2030. The molecule has 1 aromatic heterocycles. The Kier molecular flexibility index (Phi) is 17.9. The summed E-state index contributed by atoms with van der Waals surface area (Å²) in [5.74, 6) is -4.04. The summed E-state index contributed by atoms with van der Waals surface area (Å²) in [6.07, 6.45) is -11.6. The number of carbonyl (C=O) groups is 4. The SMILES string of the molecule is CC[C@H]1CC(C(=O)NCCNC(=O)Cc2cc(=O)oc3cc(O)ccc23)C[C@@H](O[C@@H]2OC(CO)[C@H](O)C(O[C@@H](CC3CCCCC3)C(=O)O)C2NC(C)=O)C1OC1O[C@@H](C)C(O)C(O)[C@@H]1O. The second-order valence-electron chi connectivity index (χ2n) is 18.0. The first-order chi connectivity index (χ1) is 31.5. The second kappa shape index (κ2) is 23.1. The smallest absolute Gasteiger partial charge is 0.336 e. The quantitative estimate of drug-likeness (QED) is 0.0678. The van der Waals surface area contributed by atoms with E-state index in [-0.39, 0.29) is 56.0 Å². The van der Waals surface area contributed by atoms with E-state index in [0.717, 1.165) is 32.1 Å². The van der Waals surface area contributed by atoms with Gasteiger partial charge in [0.15, 0.2) is 18.7 Å². The molecule has 1 aromatic carbocycles. The third-order valence-corrected chi connectivity index (χ3v) is 13.2. The molecule has 15 atom stereocenters. The number of carbonyl (C=O) groups excluding carboxylic acids is 3. The number of phenols is 1. The van der Waals surface area contributed by atoms with Gasteiger partial charge in [0.1, 0.15) is 54.0 Å². The van der Waals surface area contributed by atoms with E-state index in [1.54, 1.807) is 0 Å². The van der Waals surface area contributed by atoms with Crippen LogP contribution in [0.5, 0.6) is 5.75 Å². The van der Waals surface area contributed by atoms with Crippen LogP contribution in [0.2, 0.25) is 0 Å². The minimum absolute atomic E-state index is 0.00606. The first kappa shape index (κ1) is 51.1. The van der Waals surface area contributed by atoms with Crippen molar-refractivity contribution in [3.8, 4) is 5.75 Å². The molecule has 8 unspecified atom stereocenters. The fourth-order valence-electron chi connectivity index (χ4n) is 9.71. The third-order valence-electron chi connectivity index (χ3n) is 13.2. The highest BCUT2D eigenvalue weighted by molar-refractivity contribution is 5.87. The van der Waals surface area contributed by atoms with E-state index in [0.29, 0.717) is 17.4 Å². The Labute approximate surface area is 381 Å². The molecular weight excluding hydrogens is 870 g/mol. The zero-order chi connectivity index (χ0) is 47.8. The summed E-state index contributed by atoms with van der Waals surface area (Å²) < 4.78 is 36.2. The maximum Gasteiger partial charge on any atom is 0.336 e. The van der Waals surface area contributed by atoms with E-state index in [9.17, 15) is 59.7 Å². The van der Waals surface area contributed by atoms with Crippen LogP contribution in [0.15, 0.2) is 33.5 Å². The van der Waals surface area contributed by atoms with Gasteiger partial charge in [-0.25, -0.2) is 9.59 Å². The summed E-state index contributed by atoms with van der Waals surface area (Å²) in [4.78, 5) is 64.4. The summed E-state index contributed by atoms with van der Waals surface area (Å²) >= 11 is 0. The molecule has 2 aliphatic carbocycles. The fraction of sp³-hybridized carbons (Fsp3) is 0.711.